The van der Waals surface area contributed by atoms with Crippen molar-refractivity contribution in [2.45, 2.75) is 18.6 Å². The first-order valence-electron chi connectivity index (χ1n) is 3.82. The minimum absolute atomic E-state index is 0.485. The lowest BCUT2D eigenvalue weighted by atomic mass is 10.2. The van der Waals surface area contributed by atoms with Crippen LogP contribution in [-0.2, 0) is 28.4 Å². The maximum Gasteiger partial charge on any atom is 0.344 e. The highest BCUT2D eigenvalue weighted by Crippen LogP contribution is 2.26. The molecule has 0 saturated carbocycles. The molecule has 0 aromatic heterocycles. The summed E-state index contributed by atoms with van der Waals surface area (Å²) in [4.78, 5) is 21.9. The fraction of sp³-hybridized carbons (Fsp3) is 0.714. The predicted octanol–water partition coefficient (Wildman–Crippen LogP) is -0.647. The molecule has 0 unspecified atom stereocenters. The summed E-state index contributed by atoms with van der Waals surface area (Å²) in [6, 6.07) is 0. The van der Waals surface area contributed by atoms with Crippen LogP contribution in [0, 0.1) is 0 Å². The van der Waals surface area contributed by atoms with Crippen LogP contribution in [0.3, 0.4) is 0 Å². The third kappa shape index (κ3) is 5.57. The third-order valence-corrected chi connectivity index (χ3v) is 2.02. The van der Waals surface area contributed by atoms with E-state index in [1.54, 1.807) is 0 Å². The Balaban J connectivity index is 4.01. The standard InChI is InChI=1S/C7H12O7S/c1-7(2,15-14-13-10)6(9)12-4-5(8)11-3/h10H,4H2,1-3H3/p-1. The summed E-state index contributed by atoms with van der Waals surface area (Å²) in [5.41, 5.74) is 0. The predicted molar refractivity (Wildman–Crippen MR) is 46.8 cm³/mol. The number of esters is 2. The minimum Gasteiger partial charge on any atom is -0.691 e. The van der Waals surface area contributed by atoms with Gasteiger partial charge in [0.05, 0.1) is 7.11 Å². The molecule has 0 aromatic carbocycles. The van der Waals surface area contributed by atoms with Crippen molar-refractivity contribution >= 4 is 24.0 Å². The molecule has 0 N–H and O–H groups in total. The van der Waals surface area contributed by atoms with Gasteiger partial charge in [-0.1, -0.05) is 0 Å². The largest absolute Gasteiger partial charge is 0.691 e. The molecule has 88 valence electrons. The van der Waals surface area contributed by atoms with Gasteiger partial charge in [0, 0.05) is 12.0 Å². The Hall–Kier alpha value is -0.830. The topological polar surface area (TPSA) is 94.1 Å². The molecule has 0 atom stereocenters. The van der Waals surface area contributed by atoms with Gasteiger partial charge in [-0.3, -0.25) is 9.83 Å². The zero-order valence-corrected chi connectivity index (χ0v) is 9.29. The van der Waals surface area contributed by atoms with Gasteiger partial charge in [-0.2, -0.15) is 4.33 Å². The highest BCUT2D eigenvalue weighted by molar-refractivity contribution is 7.96. The van der Waals surface area contributed by atoms with Gasteiger partial charge in [-0.05, 0) is 13.8 Å². The second-order valence-electron chi connectivity index (χ2n) is 2.88. The molecular formula is C7H11O7S-. The molecule has 0 fully saturated rings. The van der Waals surface area contributed by atoms with E-state index in [1.807, 2.05) is 0 Å². The number of carbonyl (C=O) groups excluding carboxylic acids is 2. The molecule has 0 aromatic rings. The molecule has 15 heavy (non-hydrogen) atoms. The molecule has 7 nitrogen and oxygen atoms in total. The van der Waals surface area contributed by atoms with Crippen molar-refractivity contribution < 1.29 is 33.7 Å². The lowest BCUT2D eigenvalue weighted by molar-refractivity contribution is -0.777. The van der Waals surface area contributed by atoms with E-state index in [0.717, 1.165) is 0 Å². The van der Waals surface area contributed by atoms with Crippen molar-refractivity contribution in [2.24, 2.45) is 0 Å². The van der Waals surface area contributed by atoms with Crippen molar-refractivity contribution in [3.63, 3.8) is 0 Å². The SMILES string of the molecule is COC(=O)COC(=O)C(C)(C)SOO[O-]. The van der Waals surface area contributed by atoms with Gasteiger partial charge in [0.2, 0.25) is 0 Å². The summed E-state index contributed by atoms with van der Waals surface area (Å²) in [5.74, 6) is -1.40. The fourth-order valence-electron chi connectivity index (χ4n) is 0.490. The van der Waals surface area contributed by atoms with E-state index in [2.05, 4.69) is 18.8 Å². The van der Waals surface area contributed by atoms with Gasteiger partial charge < -0.3 is 14.7 Å². The van der Waals surface area contributed by atoms with Crippen LogP contribution in [-0.4, -0.2) is 30.4 Å². The smallest absolute Gasteiger partial charge is 0.344 e. The van der Waals surface area contributed by atoms with E-state index in [4.69, 9.17) is 0 Å². The van der Waals surface area contributed by atoms with E-state index in [0.29, 0.717) is 12.0 Å². The molecule has 0 rings (SSSR count). The summed E-state index contributed by atoms with van der Waals surface area (Å²) in [5, 5.41) is 12.6. The molecule has 0 bridgehead atoms. The summed E-state index contributed by atoms with van der Waals surface area (Å²) >= 11 is 0.485. The first-order valence-corrected chi connectivity index (χ1v) is 4.56. The lowest BCUT2D eigenvalue weighted by Gasteiger charge is -2.20. The van der Waals surface area contributed by atoms with Crippen LogP contribution in [0.5, 0.6) is 0 Å². The average molecular weight is 239 g/mol. The zero-order chi connectivity index (χ0) is 11.9. The molecule has 0 heterocycles. The molecule has 0 spiro atoms. The second kappa shape index (κ2) is 6.62. The zero-order valence-electron chi connectivity index (χ0n) is 8.47. The Bertz CT molecular complexity index is 227. The summed E-state index contributed by atoms with van der Waals surface area (Å²) in [6.45, 7) is 2.39. The van der Waals surface area contributed by atoms with Crippen LogP contribution in [0.4, 0.5) is 0 Å². The second-order valence-corrected chi connectivity index (χ2v) is 4.21. The number of rotatable bonds is 6. The van der Waals surface area contributed by atoms with Crippen LogP contribution < -0.4 is 5.26 Å². The highest BCUT2D eigenvalue weighted by atomic mass is 32.2. The number of hydrogen-bond acceptors (Lipinski definition) is 8. The van der Waals surface area contributed by atoms with E-state index < -0.39 is 23.3 Å². The highest BCUT2D eigenvalue weighted by Gasteiger charge is 2.32. The number of hydrogen-bond donors (Lipinski definition) is 0. The number of carbonyl (C=O) groups is 2. The van der Waals surface area contributed by atoms with Gasteiger partial charge in [0.15, 0.2) is 6.61 Å². The summed E-state index contributed by atoms with van der Waals surface area (Å²) in [7, 11) is 1.17. The van der Waals surface area contributed by atoms with Gasteiger partial charge >= 0.3 is 11.9 Å². The molecule has 0 saturated heterocycles. The number of ether oxygens (including phenoxy) is 2. The van der Waals surface area contributed by atoms with Gasteiger partial charge in [0.25, 0.3) is 0 Å². The molecule has 0 aliphatic carbocycles. The Kier molecular flexibility index (Phi) is 6.25. The average Bonchev–Trinajstić information content (AvgIpc) is 2.22. The minimum atomic E-state index is -1.15. The van der Waals surface area contributed by atoms with Crippen LogP contribution in [0.2, 0.25) is 0 Å². The van der Waals surface area contributed by atoms with Crippen LogP contribution in [0.25, 0.3) is 0 Å². The third-order valence-electron chi connectivity index (χ3n) is 1.31. The molecule has 0 amide bonds. The summed E-state index contributed by atoms with van der Waals surface area (Å²) < 4.78 is 11.7. The van der Waals surface area contributed by atoms with Crippen molar-refractivity contribution in [2.75, 3.05) is 13.7 Å². The van der Waals surface area contributed by atoms with Crippen molar-refractivity contribution in [3.05, 3.63) is 0 Å². The van der Waals surface area contributed by atoms with Crippen molar-refractivity contribution in [1.29, 1.82) is 0 Å². The van der Waals surface area contributed by atoms with Crippen molar-refractivity contribution in [3.8, 4) is 0 Å². The van der Waals surface area contributed by atoms with E-state index in [-0.39, 0.29) is 0 Å². The van der Waals surface area contributed by atoms with E-state index >= 15 is 0 Å². The molecule has 0 aliphatic heterocycles. The first-order chi connectivity index (χ1) is 6.94. The molecular weight excluding hydrogens is 228 g/mol. The first kappa shape index (κ1) is 14.2. The van der Waals surface area contributed by atoms with Crippen molar-refractivity contribution in [1.82, 2.24) is 0 Å². The quantitative estimate of drug-likeness (QED) is 0.261. The Morgan fingerprint density at radius 1 is 1.40 bits per heavy atom. The van der Waals surface area contributed by atoms with Gasteiger partial charge in [-0.15, -0.1) is 0 Å². The van der Waals surface area contributed by atoms with Gasteiger partial charge in [-0.25, -0.2) is 4.79 Å². The van der Waals surface area contributed by atoms with Crippen LogP contribution >= 0.6 is 12.0 Å². The summed E-state index contributed by atoms with van der Waals surface area (Å²) in [6.07, 6.45) is 0. The maximum atomic E-state index is 11.3. The molecule has 0 aliphatic rings. The van der Waals surface area contributed by atoms with Gasteiger partial charge in [0.1, 0.15) is 4.75 Å². The van der Waals surface area contributed by atoms with E-state index in [1.165, 1.54) is 21.0 Å². The van der Waals surface area contributed by atoms with Crippen LogP contribution in [0.15, 0.2) is 0 Å². The Labute approximate surface area is 90.7 Å². The monoisotopic (exact) mass is 239 g/mol. The maximum absolute atomic E-state index is 11.3. The fourth-order valence-corrected chi connectivity index (χ4v) is 0.815. The Morgan fingerprint density at radius 3 is 2.47 bits per heavy atom. The van der Waals surface area contributed by atoms with Crippen LogP contribution in [0.1, 0.15) is 13.8 Å². The van der Waals surface area contributed by atoms with E-state index in [9.17, 15) is 14.8 Å². The molecule has 0 radical (unpaired) electrons. The number of methoxy groups -OCH3 is 1. The normalized spacial score (nSPS) is 10.9. The Morgan fingerprint density at radius 2 is 2.00 bits per heavy atom. The molecule has 8 heteroatoms. The lowest BCUT2D eigenvalue weighted by Crippen LogP contribution is -2.32.